The summed E-state index contributed by atoms with van der Waals surface area (Å²) >= 11 is 1.41. The predicted molar refractivity (Wildman–Crippen MR) is 111 cm³/mol. The van der Waals surface area contributed by atoms with Gasteiger partial charge in [-0.05, 0) is 48.4 Å². The average Bonchev–Trinajstić information content (AvgIpc) is 3.23. The van der Waals surface area contributed by atoms with Crippen LogP contribution in [0.1, 0.15) is 5.56 Å². The van der Waals surface area contributed by atoms with Crippen molar-refractivity contribution in [3.05, 3.63) is 59.9 Å². The normalized spacial score (nSPS) is 15.0. The molecule has 0 N–H and O–H groups in total. The monoisotopic (exact) mass is 398 g/mol. The number of nitrogens with zero attached hydrogens (tertiary/aromatic N) is 4. The summed E-state index contributed by atoms with van der Waals surface area (Å²) in [5.41, 5.74) is 2.15. The van der Waals surface area contributed by atoms with Crippen LogP contribution in [0.25, 0.3) is 11.4 Å². The van der Waals surface area contributed by atoms with E-state index < -0.39 is 0 Å². The first-order valence-electron chi connectivity index (χ1n) is 9.41. The van der Waals surface area contributed by atoms with Gasteiger partial charge in [-0.25, -0.2) is 4.39 Å². The summed E-state index contributed by atoms with van der Waals surface area (Å²) < 4.78 is 22.8. The highest BCUT2D eigenvalue weighted by atomic mass is 32.1. The Bertz CT molecular complexity index is 907. The molecule has 28 heavy (non-hydrogen) atoms. The molecule has 0 atom stereocenters. The van der Waals surface area contributed by atoms with Gasteiger partial charge in [0, 0.05) is 49.8 Å². The number of aromatic nitrogens is 2. The lowest BCUT2D eigenvalue weighted by atomic mass is 10.1. The average molecular weight is 399 g/mol. The molecule has 0 radical (unpaired) electrons. The topological polar surface area (TPSA) is 41.5 Å². The fourth-order valence-electron chi connectivity index (χ4n) is 3.34. The van der Waals surface area contributed by atoms with Crippen molar-refractivity contribution in [3.63, 3.8) is 0 Å². The van der Waals surface area contributed by atoms with Crippen molar-refractivity contribution < 1.29 is 9.13 Å². The molecule has 0 amide bonds. The van der Waals surface area contributed by atoms with Gasteiger partial charge in [0.25, 0.3) is 0 Å². The van der Waals surface area contributed by atoms with Crippen molar-refractivity contribution in [2.45, 2.75) is 6.42 Å². The van der Waals surface area contributed by atoms with Crippen molar-refractivity contribution in [2.75, 3.05) is 44.7 Å². The van der Waals surface area contributed by atoms with Crippen LogP contribution in [0.3, 0.4) is 0 Å². The van der Waals surface area contributed by atoms with Crippen LogP contribution >= 0.6 is 11.5 Å². The summed E-state index contributed by atoms with van der Waals surface area (Å²) in [6.07, 6.45) is 1.02. The number of hydrogen-bond acceptors (Lipinski definition) is 6. The maximum atomic E-state index is 13.1. The molecule has 0 unspecified atom stereocenters. The first kappa shape index (κ1) is 18.8. The van der Waals surface area contributed by atoms with E-state index in [0.717, 1.165) is 55.6 Å². The van der Waals surface area contributed by atoms with E-state index in [4.69, 9.17) is 4.74 Å². The van der Waals surface area contributed by atoms with Crippen molar-refractivity contribution in [1.82, 2.24) is 14.3 Å². The van der Waals surface area contributed by atoms with Gasteiger partial charge in [0.15, 0.2) is 5.82 Å². The Labute approximate surface area is 168 Å². The van der Waals surface area contributed by atoms with Crippen molar-refractivity contribution in [3.8, 4) is 17.1 Å². The molecule has 3 aromatic rings. The Morgan fingerprint density at radius 1 is 1.07 bits per heavy atom. The van der Waals surface area contributed by atoms with E-state index in [1.165, 1.54) is 29.2 Å². The summed E-state index contributed by atoms with van der Waals surface area (Å²) in [5, 5.41) is 0.937. The maximum absolute atomic E-state index is 13.1. The number of methoxy groups -OCH3 is 1. The first-order chi connectivity index (χ1) is 13.7. The van der Waals surface area contributed by atoms with Gasteiger partial charge in [-0.1, -0.05) is 12.1 Å². The van der Waals surface area contributed by atoms with Crippen molar-refractivity contribution in [2.24, 2.45) is 0 Å². The highest BCUT2D eigenvalue weighted by Crippen LogP contribution is 2.25. The van der Waals surface area contributed by atoms with Crippen LogP contribution < -0.4 is 9.64 Å². The highest BCUT2D eigenvalue weighted by molar-refractivity contribution is 7.09. The second-order valence-electron chi connectivity index (χ2n) is 6.84. The quantitative estimate of drug-likeness (QED) is 0.633. The molecule has 7 heteroatoms. The van der Waals surface area contributed by atoms with E-state index in [2.05, 4.69) is 31.3 Å². The van der Waals surface area contributed by atoms with Gasteiger partial charge in [-0.2, -0.15) is 9.36 Å². The first-order valence-corrected chi connectivity index (χ1v) is 10.2. The second kappa shape index (κ2) is 8.67. The second-order valence-corrected chi connectivity index (χ2v) is 7.57. The Kier molecular flexibility index (Phi) is 5.83. The van der Waals surface area contributed by atoms with Crippen LogP contribution in [0, 0.1) is 5.82 Å². The van der Waals surface area contributed by atoms with Crippen LogP contribution in [-0.4, -0.2) is 54.1 Å². The van der Waals surface area contributed by atoms with Crippen LogP contribution in [0.4, 0.5) is 9.52 Å². The minimum Gasteiger partial charge on any atom is -0.497 e. The molecular formula is C21H23FN4OS. The van der Waals surface area contributed by atoms with Gasteiger partial charge in [-0.3, -0.25) is 4.90 Å². The smallest absolute Gasteiger partial charge is 0.205 e. The molecular weight excluding hydrogens is 375 g/mol. The predicted octanol–water partition coefficient (Wildman–Crippen LogP) is 3.72. The Morgan fingerprint density at radius 2 is 1.86 bits per heavy atom. The molecule has 1 aliphatic heterocycles. The molecule has 2 aromatic carbocycles. The van der Waals surface area contributed by atoms with Crippen LogP contribution in [0.5, 0.6) is 5.75 Å². The minimum absolute atomic E-state index is 0.246. The summed E-state index contributed by atoms with van der Waals surface area (Å²) in [4.78, 5) is 9.42. The van der Waals surface area contributed by atoms with Crippen molar-refractivity contribution in [1.29, 1.82) is 0 Å². The molecule has 0 spiro atoms. The van der Waals surface area contributed by atoms with Gasteiger partial charge in [-0.15, -0.1) is 0 Å². The van der Waals surface area contributed by atoms with Gasteiger partial charge in [0.05, 0.1) is 7.11 Å². The summed E-state index contributed by atoms with van der Waals surface area (Å²) in [7, 11) is 1.70. The fourth-order valence-corrected chi connectivity index (χ4v) is 4.08. The van der Waals surface area contributed by atoms with Gasteiger partial charge >= 0.3 is 0 Å². The summed E-state index contributed by atoms with van der Waals surface area (Å²) in [6.45, 7) is 4.94. The summed E-state index contributed by atoms with van der Waals surface area (Å²) in [5.74, 6) is 1.33. The molecule has 0 saturated carbocycles. The van der Waals surface area contributed by atoms with Gasteiger partial charge < -0.3 is 9.64 Å². The zero-order valence-corrected chi connectivity index (χ0v) is 16.7. The lowest BCUT2D eigenvalue weighted by molar-refractivity contribution is 0.261. The van der Waals surface area contributed by atoms with E-state index in [1.54, 1.807) is 19.2 Å². The van der Waals surface area contributed by atoms with Gasteiger partial charge in [0.1, 0.15) is 11.6 Å². The minimum atomic E-state index is -0.246. The fraction of sp³-hybridized carbons (Fsp3) is 0.333. The molecule has 4 rings (SSSR count). The van der Waals surface area contributed by atoms with E-state index in [1.807, 2.05) is 12.1 Å². The number of hydrogen-bond donors (Lipinski definition) is 0. The number of halogens is 1. The largest absolute Gasteiger partial charge is 0.497 e. The highest BCUT2D eigenvalue weighted by Gasteiger charge is 2.20. The molecule has 0 aliphatic carbocycles. The SMILES string of the molecule is COc1cccc(CCN2CCN(c3nc(-c4ccc(F)cc4)ns3)CC2)c1. The van der Waals surface area contributed by atoms with Crippen LogP contribution in [0.15, 0.2) is 48.5 Å². The Morgan fingerprint density at radius 3 is 2.61 bits per heavy atom. The lowest BCUT2D eigenvalue weighted by Crippen LogP contribution is -2.47. The van der Waals surface area contributed by atoms with E-state index >= 15 is 0 Å². The Hall–Kier alpha value is -2.51. The number of ether oxygens (including phenoxy) is 1. The zero-order chi connectivity index (χ0) is 19.3. The maximum Gasteiger partial charge on any atom is 0.205 e. The molecule has 1 fully saturated rings. The van der Waals surface area contributed by atoms with Crippen LogP contribution in [-0.2, 0) is 6.42 Å². The number of piperazine rings is 1. The molecule has 146 valence electrons. The van der Waals surface area contributed by atoms with E-state index in [0.29, 0.717) is 5.82 Å². The lowest BCUT2D eigenvalue weighted by Gasteiger charge is -2.34. The molecule has 2 heterocycles. The standard InChI is InChI=1S/C21H23FN4OS/c1-27-19-4-2-3-16(15-19)9-10-25-11-13-26(14-12-25)21-23-20(24-28-21)17-5-7-18(22)8-6-17/h2-8,15H,9-14H2,1H3. The zero-order valence-electron chi connectivity index (χ0n) is 15.8. The van der Waals surface area contributed by atoms with Crippen LogP contribution in [0.2, 0.25) is 0 Å². The molecule has 5 nitrogen and oxygen atoms in total. The molecule has 0 bridgehead atoms. The third-order valence-electron chi connectivity index (χ3n) is 5.01. The molecule has 1 saturated heterocycles. The Balaban J connectivity index is 1.30. The number of anilines is 1. The third kappa shape index (κ3) is 4.48. The molecule has 1 aromatic heterocycles. The van der Waals surface area contributed by atoms with E-state index in [9.17, 15) is 4.39 Å². The van der Waals surface area contributed by atoms with E-state index in [-0.39, 0.29) is 5.82 Å². The third-order valence-corrected chi connectivity index (χ3v) is 5.79. The van der Waals surface area contributed by atoms with Crippen molar-refractivity contribution >= 4 is 16.7 Å². The van der Waals surface area contributed by atoms with Gasteiger partial charge in [0.2, 0.25) is 5.13 Å². The number of rotatable bonds is 6. The summed E-state index contributed by atoms with van der Waals surface area (Å²) in [6, 6.07) is 14.6. The molecule has 1 aliphatic rings. The number of benzene rings is 2.